The van der Waals surface area contributed by atoms with Gasteiger partial charge >= 0.3 is 5.97 Å². The van der Waals surface area contributed by atoms with Crippen LogP contribution in [-0.2, 0) is 16.1 Å². The molecule has 0 spiro atoms. The van der Waals surface area contributed by atoms with Gasteiger partial charge in [-0.05, 0) is 50.3 Å². The Labute approximate surface area is 229 Å². The number of aliphatic hydroxyl groups excluding tert-OH is 1. The van der Waals surface area contributed by atoms with Crippen molar-refractivity contribution >= 4 is 22.6 Å². The van der Waals surface area contributed by atoms with Crippen molar-refractivity contribution < 1.29 is 19.8 Å². The van der Waals surface area contributed by atoms with Crippen molar-refractivity contribution in [1.82, 2.24) is 9.55 Å². The maximum absolute atomic E-state index is 11.0. The van der Waals surface area contributed by atoms with Gasteiger partial charge in [0.15, 0.2) is 5.60 Å². The van der Waals surface area contributed by atoms with E-state index in [-0.39, 0.29) is 12.5 Å². The van der Waals surface area contributed by atoms with Crippen molar-refractivity contribution in [1.29, 1.82) is 5.41 Å². The molecular formula is C31H38N4O4. The number of benzene rings is 2. The highest BCUT2D eigenvalue weighted by Crippen LogP contribution is 2.37. The number of aromatic nitrogens is 2. The Morgan fingerprint density at radius 3 is 2.67 bits per heavy atom. The highest BCUT2D eigenvalue weighted by Gasteiger charge is 2.42. The van der Waals surface area contributed by atoms with Crippen molar-refractivity contribution in [3.63, 3.8) is 0 Å². The first-order chi connectivity index (χ1) is 18.8. The second kappa shape index (κ2) is 12.4. The van der Waals surface area contributed by atoms with Crippen molar-refractivity contribution in [2.24, 2.45) is 5.16 Å². The molecule has 0 radical (unpaired) electrons. The minimum Gasteiger partial charge on any atom is -0.481 e. The van der Waals surface area contributed by atoms with Crippen molar-refractivity contribution in [3.05, 3.63) is 83.1 Å². The molecule has 3 atom stereocenters. The Bertz CT molecular complexity index is 1430. The Kier molecular flexibility index (Phi) is 8.97. The molecule has 1 aliphatic rings. The van der Waals surface area contributed by atoms with Crippen molar-refractivity contribution in [2.45, 2.75) is 83.5 Å². The van der Waals surface area contributed by atoms with Crippen LogP contribution in [0.5, 0.6) is 0 Å². The number of allylic oxidation sites excluding steroid dienone is 2. The molecule has 8 heteroatoms. The van der Waals surface area contributed by atoms with Crippen LogP contribution in [0.1, 0.15) is 88.4 Å². The average Bonchev–Trinajstić information content (AvgIpc) is 3.35. The summed E-state index contributed by atoms with van der Waals surface area (Å²) >= 11 is 0. The van der Waals surface area contributed by atoms with Crippen LogP contribution in [0.4, 0.5) is 0 Å². The second-order valence-electron chi connectivity index (χ2n) is 10.3. The Hall–Kier alpha value is -3.78. The third-order valence-electron chi connectivity index (χ3n) is 7.32. The Morgan fingerprint density at radius 1 is 1.21 bits per heavy atom. The van der Waals surface area contributed by atoms with Crippen LogP contribution in [0.25, 0.3) is 10.9 Å². The maximum Gasteiger partial charge on any atom is 0.303 e. The molecule has 2 aromatic carbocycles. The largest absolute Gasteiger partial charge is 0.481 e. The van der Waals surface area contributed by atoms with Gasteiger partial charge in [0.1, 0.15) is 17.4 Å². The first-order valence-corrected chi connectivity index (χ1v) is 13.7. The number of hydrogen-bond donors (Lipinski definition) is 3. The van der Waals surface area contributed by atoms with Gasteiger partial charge in [-0.1, -0.05) is 67.6 Å². The third-order valence-corrected chi connectivity index (χ3v) is 7.32. The predicted molar refractivity (Wildman–Crippen MR) is 152 cm³/mol. The highest BCUT2D eigenvalue weighted by molar-refractivity contribution is 6.03. The lowest BCUT2D eigenvalue weighted by atomic mass is 9.87. The zero-order valence-corrected chi connectivity index (χ0v) is 22.9. The third kappa shape index (κ3) is 6.28. The van der Waals surface area contributed by atoms with Gasteiger partial charge in [-0.15, -0.1) is 0 Å². The SMILES string of the molecule is CCC=CC(CC)n1c(CCCCC(=O)O)nc2cc(C3=NOC(C)(C(O)c4ccccc4)C3)ccc2c1=N. The van der Waals surface area contributed by atoms with E-state index in [0.717, 1.165) is 40.9 Å². The molecule has 8 nitrogen and oxygen atoms in total. The number of hydrogen-bond acceptors (Lipinski definition) is 6. The molecule has 3 aromatic rings. The van der Waals surface area contributed by atoms with Crippen LogP contribution >= 0.6 is 0 Å². The number of carboxylic acid groups (broad SMARTS) is 1. The van der Waals surface area contributed by atoms with Gasteiger partial charge in [0.2, 0.25) is 0 Å². The summed E-state index contributed by atoms with van der Waals surface area (Å²) < 4.78 is 1.98. The number of nitrogens with one attached hydrogen (secondary N) is 1. The molecule has 206 valence electrons. The molecule has 2 heterocycles. The summed E-state index contributed by atoms with van der Waals surface area (Å²) in [5, 5.41) is 34.2. The summed E-state index contributed by atoms with van der Waals surface area (Å²) in [6.07, 6.45) is 7.49. The average molecular weight is 531 g/mol. The van der Waals surface area contributed by atoms with Crippen LogP contribution < -0.4 is 5.49 Å². The molecule has 3 unspecified atom stereocenters. The van der Waals surface area contributed by atoms with Crippen molar-refractivity contribution in [3.8, 4) is 0 Å². The monoisotopic (exact) mass is 530 g/mol. The van der Waals surface area contributed by atoms with E-state index in [1.807, 2.05) is 60.0 Å². The summed E-state index contributed by atoms with van der Waals surface area (Å²) in [6.45, 7) is 6.04. The number of aryl methyl sites for hydroxylation is 1. The fraction of sp³-hybridized carbons (Fsp3) is 0.419. The zero-order chi connectivity index (χ0) is 28.0. The lowest BCUT2D eigenvalue weighted by Crippen LogP contribution is -2.33. The van der Waals surface area contributed by atoms with E-state index in [2.05, 4.69) is 31.2 Å². The molecule has 4 rings (SSSR count). The molecule has 0 bridgehead atoms. The molecule has 1 aliphatic heterocycles. The van der Waals surface area contributed by atoms with Gasteiger partial charge in [-0.25, -0.2) is 4.98 Å². The number of nitrogens with zero attached hydrogens (tertiary/aromatic N) is 3. The molecule has 0 saturated carbocycles. The molecule has 39 heavy (non-hydrogen) atoms. The zero-order valence-electron chi connectivity index (χ0n) is 22.9. The topological polar surface area (TPSA) is 121 Å². The molecule has 0 saturated heterocycles. The van der Waals surface area contributed by atoms with Crippen LogP contribution in [0, 0.1) is 5.41 Å². The quantitative estimate of drug-likeness (QED) is 0.200. The summed E-state index contributed by atoms with van der Waals surface area (Å²) in [5.74, 6) is -0.0296. The van der Waals surface area contributed by atoms with Gasteiger partial charge in [0.05, 0.1) is 17.3 Å². The first kappa shape index (κ1) is 28.2. The fourth-order valence-electron chi connectivity index (χ4n) is 5.09. The predicted octanol–water partition coefficient (Wildman–Crippen LogP) is 5.85. The molecule has 3 N–H and O–H groups in total. The van der Waals surface area contributed by atoms with E-state index < -0.39 is 17.7 Å². The van der Waals surface area contributed by atoms with Gasteiger partial charge in [-0.2, -0.15) is 0 Å². The van der Waals surface area contributed by atoms with E-state index in [1.165, 1.54) is 0 Å². The molecular weight excluding hydrogens is 492 g/mol. The van der Waals surface area contributed by atoms with Gasteiger partial charge in [-0.3, -0.25) is 10.2 Å². The number of rotatable bonds is 12. The minimum atomic E-state index is -0.894. The molecule has 0 amide bonds. The van der Waals surface area contributed by atoms with Gasteiger partial charge in [0, 0.05) is 30.2 Å². The van der Waals surface area contributed by atoms with Gasteiger partial charge < -0.3 is 19.6 Å². The highest BCUT2D eigenvalue weighted by atomic mass is 16.7. The normalized spacial score (nSPS) is 18.7. The maximum atomic E-state index is 11.0. The van der Waals surface area contributed by atoms with Crippen LogP contribution in [0.2, 0.25) is 0 Å². The summed E-state index contributed by atoms with van der Waals surface area (Å²) in [7, 11) is 0. The van der Waals surface area contributed by atoms with Crippen LogP contribution in [0.15, 0.2) is 65.8 Å². The summed E-state index contributed by atoms with van der Waals surface area (Å²) in [6, 6.07) is 15.2. The number of aliphatic carboxylic acids is 1. The van der Waals surface area contributed by atoms with Crippen LogP contribution in [0.3, 0.4) is 0 Å². The number of oxime groups is 1. The minimum absolute atomic E-state index is 0.00344. The van der Waals surface area contributed by atoms with E-state index >= 15 is 0 Å². The van der Waals surface area contributed by atoms with E-state index in [9.17, 15) is 9.90 Å². The van der Waals surface area contributed by atoms with E-state index in [1.54, 1.807) is 0 Å². The Balaban J connectivity index is 1.67. The molecule has 1 aromatic heterocycles. The smallest absolute Gasteiger partial charge is 0.303 e. The summed E-state index contributed by atoms with van der Waals surface area (Å²) in [5.41, 5.74) is 2.52. The lowest BCUT2D eigenvalue weighted by Gasteiger charge is -2.27. The summed E-state index contributed by atoms with van der Waals surface area (Å²) in [4.78, 5) is 21.8. The van der Waals surface area contributed by atoms with E-state index in [0.29, 0.717) is 36.7 Å². The Morgan fingerprint density at radius 2 is 1.97 bits per heavy atom. The number of carbonyl (C=O) groups is 1. The fourth-order valence-corrected chi connectivity index (χ4v) is 5.09. The van der Waals surface area contributed by atoms with E-state index in [4.69, 9.17) is 20.3 Å². The standard InChI is InChI=1S/C31H38N4O4/c1-4-6-14-23(5-2)35-27(15-10-11-16-28(36)37)33-25-19-22(17-18-24(25)30(35)32)26-20-31(3,39-34-26)29(38)21-12-8-7-9-13-21/h6-9,12-14,17-19,23,29,32,38H,4-5,10-11,15-16,20H2,1-3H3,(H,36,37). The van der Waals surface area contributed by atoms with Gasteiger partial charge in [0.25, 0.3) is 0 Å². The lowest BCUT2D eigenvalue weighted by molar-refractivity contribution is -0.137. The number of fused-ring (bicyclic) bond motifs is 1. The second-order valence-corrected chi connectivity index (χ2v) is 10.3. The first-order valence-electron chi connectivity index (χ1n) is 13.7. The molecule has 0 aliphatic carbocycles. The van der Waals surface area contributed by atoms with Crippen LogP contribution in [-0.4, -0.2) is 37.0 Å². The van der Waals surface area contributed by atoms with Crippen molar-refractivity contribution in [2.75, 3.05) is 0 Å². The number of unbranched alkanes of at least 4 members (excludes halogenated alkanes) is 1. The molecule has 0 fully saturated rings. The number of carboxylic acids is 1. The number of aliphatic hydroxyl groups is 1.